The second-order valence-electron chi connectivity index (χ2n) is 9.00. The van der Waals surface area contributed by atoms with Gasteiger partial charge in [-0.05, 0) is 69.2 Å². The number of esters is 1. The number of hydrogen-bond acceptors (Lipinski definition) is 9. The maximum absolute atomic E-state index is 13.9. The van der Waals surface area contributed by atoms with Gasteiger partial charge in [-0.3, -0.25) is 9.36 Å². The van der Waals surface area contributed by atoms with E-state index in [0.29, 0.717) is 55.8 Å². The van der Waals surface area contributed by atoms with E-state index in [-0.39, 0.29) is 11.7 Å². The third kappa shape index (κ3) is 5.56. The number of ether oxygens (including phenoxy) is 5. The quantitative estimate of drug-likeness (QED) is 0.374. The summed E-state index contributed by atoms with van der Waals surface area (Å²) < 4.78 is 29.5. The predicted octanol–water partition coefficient (Wildman–Crippen LogP) is 3.61. The van der Waals surface area contributed by atoms with Crippen LogP contribution in [0.5, 0.6) is 23.0 Å². The summed E-state index contributed by atoms with van der Waals surface area (Å²) in [7, 11) is 4.60. The molecule has 0 bridgehead atoms. The summed E-state index contributed by atoms with van der Waals surface area (Å²) in [5.41, 5.74) is 1.96. The zero-order valence-electron chi connectivity index (χ0n) is 23.1. The lowest BCUT2D eigenvalue weighted by atomic mass is 9.96. The van der Waals surface area contributed by atoms with Crippen molar-refractivity contribution in [2.24, 2.45) is 4.99 Å². The van der Waals surface area contributed by atoms with Crippen molar-refractivity contribution in [1.82, 2.24) is 4.57 Å². The summed E-state index contributed by atoms with van der Waals surface area (Å²) in [6, 6.07) is 10.2. The molecule has 206 valence electrons. The van der Waals surface area contributed by atoms with Crippen molar-refractivity contribution < 1.29 is 28.5 Å². The Morgan fingerprint density at radius 1 is 1.08 bits per heavy atom. The average molecular weight is 553 g/mol. The Morgan fingerprint density at radius 2 is 1.72 bits per heavy atom. The summed E-state index contributed by atoms with van der Waals surface area (Å²) in [4.78, 5) is 32.3. The maximum Gasteiger partial charge on any atom is 0.338 e. The standard InChI is InChI=1S/C29H32N2O7S/c1-8-37-20-11-9-19(10-12-20)25-24(28(33)38-16(2)3)17(4)30-29-31(25)27(32)23(39-29)15-18-13-21(34-5)26(36-7)22(14-18)35-6/h9-16,25H,8H2,1-7H3/b23-15+/t25-/m1/s1. The first-order valence-corrected chi connectivity index (χ1v) is 13.3. The Hall–Kier alpha value is -4.05. The van der Waals surface area contributed by atoms with E-state index in [9.17, 15) is 9.59 Å². The minimum atomic E-state index is -0.717. The van der Waals surface area contributed by atoms with E-state index in [4.69, 9.17) is 23.7 Å². The second-order valence-corrected chi connectivity index (χ2v) is 10.0. The van der Waals surface area contributed by atoms with Gasteiger partial charge < -0.3 is 23.7 Å². The van der Waals surface area contributed by atoms with Crippen molar-refractivity contribution in [3.63, 3.8) is 0 Å². The highest BCUT2D eigenvalue weighted by molar-refractivity contribution is 7.07. The van der Waals surface area contributed by atoms with E-state index in [0.717, 1.165) is 5.56 Å². The molecule has 0 N–H and O–H groups in total. The predicted molar refractivity (Wildman–Crippen MR) is 149 cm³/mol. The summed E-state index contributed by atoms with van der Waals surface area (Å²) in [6.07, 6.45) is 1.41. The lowest BCUT2D eigenvalue weighted by Crippen LogP contribution is -2.40. The van der Waals surface area contributed by atoms with Crippen LogP contribution in [0.3, 0.4) is 0 Å². The zero-order chi connectivity index (χ0) is 28.3. The van der Waals surface area contributed by atoms with Crippen LogP contribution in [0.25, 0.3) is 6.08 Å². The molecule has 0 aliphatic carbocycles. The molecule has 2 aromatic carbocycles. The van der Waals surface area contributed by atoms with Gasteiger partial charge in [0.1, 0.15) is 5.75 Å². The number of rotatable bonds is 9. The van der Waals surface area contributed by atoms with Crippen LogP contribution >= 0.6 is 11.3 Å². The van der Waals surface area contributed by atoms with Gasteiger partial charge in [0.2, 0.25) is 5.75 Å². The summed E-state index contributed by atoms with van der Waals surface area (Å²) in [6.45, 7) is 7.76. The molecule has 10 heteroatoms. The fourth-order valence-electron chi connectivity index (χ4n) is 4.42. The van der Waals surface area contributed by atoms with Crippen LogP contribution in [0.1, 0.15) is 44.9 Å². The van der Waals surface area contributed by atoms with E-state index in [1.165, 1.54) is 32.7 Å². The highest BCUT2D eigenvalue weighted by Gasteiger charge is 2.33. The highest BCUT2D eigenvalue weighted by Crippen LogP contribution is 2.38. The third-order valence-corrected chi connectivity index (χ3v) is 7.06. The highest BCUT2D eigenvalue weighted by atomic mass is 32.1. The van der Waals surface area contributed by atoms with E-state index >= 15 is 0 Å². The number of methoxy groups -OCH3 is 3. The van der Waals surface area contributed by atoms with Gasteiger partial charge in [-0.1, -0.05) is 23.5 Å². The van der Waals surface area contributed by atoms with Crippen LogP contribution in [-0.4, -0.2) is 44.6 Å². The Morgan fingerprint density at radius 3 is 2.26 bits per heavy atom. The molecule has 9 nitrogen and oxygen atoms in total. The summed E-state index contributed by atoms with van der Waals surface area (Å²) in [5, 5.41) is 0. The van der Waals surface area contributed by atoms with Crippen LogP contribution in [-0.2, 0) is 9.53 Å². The SMILES string of the molecule is CCOc1ccc([C@@H]2C(C(=O)OC(C)C)=C(C)N=c3s/c(=C/c4cc(OC)c(OC)c(OC)c4)c(=O)n32)cc1. The second kappa shape index (κ2) is 11.8. The first-order chi connectivity index (χ1) is 18.7. The van der Waals surface area contributed by atoms with Crippen LogP contribution in [0.2, 0.25) is 0 Å². The van der Waals surface area contributed by atoms with Crippen molar-refractivity contribution >= 4 is 23.4 Å². The zero-order valence-corrected chi connectivity index (χ0v) is 23.9. The molecule has 3 aromatic rings. The molecule has 1 aliphatic rings. The van der Waals surface area contributed by atoms with Crippen LogP contribution in [0.4, 0.5) is 0 Å². The number of nitrogens with zero attached hydrogens (tertiary/aromatic N) is 2. The Balaban J connectivity index is 1.92. The van der Waals surface area contributed by atoms with Gasteiger partial charge in [0, 0.05) is 0 Å². The largest absolute Gasteiger partial charge is 0.494 e. The number of carbonyl (C=O) groups excluding carboxylic acids is 1. The van der Waals surface area contributed by atoms with E-state index in [1.54, 1.807) is 43.5 Å². The van der Waals surface area contributed by atoms with Gasteiger partial charge in [0.05, 0.1) is 55.9 Å². The van der Waals surface area contributed by atoms with Crippen molar-refractivity contribution in [2.45, 2.75) is 39.8 Å². The molecule has 1 aromatic heterocycles. The lowest BCUT2D eigenvalue weighted by molar-refractivity contribution is -0.143. The first-order valence-electron chi connectivity index (χ1n) is 12.5. The lowest BCUT2D eigenvalue weighted by Gasteiger charge is -2.25. The topological polar surface area (TPSA) is 97.6 Å². The number of aromatic nitrogens is 1. The molecule has 0 spiro atoms. The molecule has 39 heavy (non-hydrogen) atoms. The summed E-state index contributed by atoms with van der Waals surface area (Å²) in [5.74, 6) is 1.58. The Labute approximate surface area is 230 Å². The van der Waals surface area contributed by atoms with Crippen molar-refractivity contribution in [1.29, 1.82) is 0 Å². The number of thiazole rings is 1. The number of hydrogen-bond donors (Lipinski definition) is 0. The molecule has 0 unspecified atom stereocenters. The van der Waals surface area contributed by atoms with Crippen LogP contribution in [0.15, 0.2) is 57.5 Å². The van der Waals surface area contributed by atoms with Crippen molar-refractivity contribution in [2.75, 3.05) is 27.9 Å². The van der Waals surface area contributed by atoms with Crippen molar-refractivity contribution in [3.05, 3.63) is 78.5 Å². The normalized spacial score (nSPS) is 15.1. The Kier molecular flexibility index (Phi) is 8.44. The third-order valence-electron chi connectivity index (χ3n) is 6.08. The van der Waals surface area contributed by atoms with Gasteiger partial charge in [-0.2, -0.15) is 0 Å². The molecule has 0 radical (unpaired) electrons. The molecule has 2 heterocycles. The number of fused-ring (bicyclic) bond motifs is 1. The molecule has 1 atom stereocenters. The van der Waals surface area contributed by atoms with Gasteiger partial charge in [0.15, 0.2) is 16.3 Å². The van der Waals surface area contributed by atoms with Gasteiger partial charge in [-0.25, -0.2) is 9.79 Å². The van der Waals surface area contributed by atoms with Crippen LogP contribution in [0, 0.1) is 0 Å². The molecule has 1 aliphatic heterocycles. The van der Waals surface area contributed by atoms with Crippen molar-refractivity contribution in [3.8, 4) is 23.0 Å². The minimum absolute atomic E-state index is 0.284. The monoisotopic (exact) mass is 552 g/mol. The number of carbonyl (C=O) groups is 1. The number of benzene rings is 2. The van der Waals surface area contributed by atoms with Gasteiger partial charge >= 0.3 is 5.97 Å². The Bertz CT molecular complexity index is 1560. The minimum Gasteiger partial charge on any atom is -0.494 e. The van der Waals surface area contributed by atoms with E-state index < -0.39 is 12.0 Å². The molecule has 0 saturated heterocycles. The number of allylic oxidation sites excluding steroid dienone is 1. The van der Waals surface area contributed by atoms with Crippen LogP contribution < -0.4 is 33.8 Å². The summed E-state index contributed by atoms with van der Waals surface area (Å²) >= 11 is 1.24. The fraction of sp³-hybridized carbons (Fsp3) is 0.345. The van der Waals surface area contributed by atoms with E-state index in [2.05, 4.69) is 4.99 Å². The average Bonchev–Trinajstić information content (AvgIpc) is 3.21. The molecule has 0 amide bonds. The molecule has 4 rings (SSSR count). The molecule has 0 fully saturated rings. The maximum atomic E-state index is 13.9. The molecular weight excluding hydrogens is 520 g/mol. The van der Waals surface area contributed by atoms with Gasteiger partial charge in [0.25, 0.3) is 5.56 Å². The van der Waals surface area contributed by atoms with Gasteiger partial charge in [-0.15, -0.1) is 0 Å². The first kappa shape index (κ1) is 28.0. The smallest absolute Gasteiger partial charge is 0.338 e. The fourth-order valence-corrected chi connectivity index (χ4v) is 5.47. The van der Waals surface area contributed by atoms with E-state index in [1.807, 2.05) is 31.2 Å². The molecular formula is C29H32N2O7S. The molecule has 0 saturated carbocycles.